The highest BCUT2D eigenvalue weighted by molar-refractivity contribution is 7.54. The third-order valence-corrected chi connectivity index (χ3v) is 5.33. The lowest BCUT2D eigenvalue weighted by atomic mass is 10.2. The number of halogens is 1. The first-order valence-electron chi connectivity index (χ1n) is 5.75. The molecule has 0 radical (unpaired) electrons. The van der Waals surface area contributed by atoms with Gasteiger partial charge in [-0.2, -0.15) is 0 Å². The van der Waals surface area contributed by atoms with Gasteiger partial charge in [-0.25, -0.2) is 0 Å². The van der Waals surface area contributed by atoms with Gasteiger partial charge in [0.2, 0.25) is 0 Å². The Morgan fingerprint density at radius 2 is 1.79 bits per heavy atom. The Balaban J connectivity index is 3.12. The summed E-state index contributed by atoms with van der Waals surface area (Å²) < 4.78 is 22.5. The monoisotopic (exact) mass is 303 g/mol. The molecule has 1 aromatic rings. The number of rotatable bonds is 6. The molecule has 106 valence electrons. The minimum Gasteiger partial charge on any atom is -0.311 e. The zero-order valence-corrected chi connectivity index (χ0v) is 13.2. The molecule has 0 aliphatic rings. The lowest BCUT2D eigenvalue weighted by Gasteiger charge is -2.27. The highest BCUT2D eigenvalue weighted by atomic mass is 35.5. The van der Waals surface area contributed by atoms with Crippen molar-refractivity contribution in [3.05, 3.63) is 42.0 Å². The Hall–Kier alpha value is -0.640. The summed E-state index contributed by atoms with van der Waals surface area (Å²) in [6, 6.07) is 9.46. The van der Waals surface area contributed by atoms with Gasteiger partial charge >= 0.3 is 7.60 Å². The molecule has 1 aromatic carbocycles. The molecule has 0 bridgehead atoms. The van der Waals surface area contributed by atoms with Gasteiger partial charge < -0.3 is 9.05 Å². The fourth-order valence-corrected chi connectivity index (χ4v) is 3.45. The number of hydrogen-bond acceptors (Lipinski definition) is 4. The van der Waals surface area contributed by atoms with Gasteiger partial charge in [0.15, 0.2) is 0 Å². The van der Waals surface area contributed by atoms with E-state index in [2.05, 4.69) is 0 Å². The van der Waals surface area contributed by atoms with Gasteiger partial charge in [-0.3, -0.25) is 9.46 Å². The predicted octanol–water partition coefficient (Wildman–Crippen LogP) is 3.64. The highest BCUT2D eigenvalue weighted by Crippen LogP contribution is 2.53. The second-order valence-electron chi connectivity index (χ2n) is 4.16. The van der Waals surface area contributed by atoms with Crippen LogP contribution in [0.1, 0.15) is 5.56 Å². The van der Waals surface area contributed by atoms with E-state index in [1.165, 1.54) is 14.2 Å². The standard InChI is InChI=1S/C13H19ClNO3P/c1-15(2)13(19(16,17-3)18-4)10-12(14)11-8-6-5-7-9-11/h5-10,13H,1-4H3. The lowest BCUT2D eigenvalue weighted by Crippen LogP contribution is -2.27. The van der Waals surface area contributed by atoms with Crippen LogP contribution >= 0.6 is 19.2 Å². The van der Waals surface area contributed by atoms with Crippen molar-refractivity contribution in [3.8, 4) is 0 Å². The summed E-state index contributed by atoms with van der Waals surface area (Å²) in [5, 5.41) is 0.508. The van der Waals surface area contributed by atoms with Crippen LogP contribution in [0, 0.1) is 0 Å². The number of nitrogens with zero attached hydrogens (tertiary/aromatic N) is 1. The van der Waals surface area contributed by atoms with Gasteiger partial charge in [-0.15, -0.1) is 0 Å². The van der Waals surface area contributed by atoms with Gasteiger partial charge in [-0.05, 0) is 25.7 Å². The van der Waals surface area contributed by atoms with E-state index < -0.39 is 13.4 Å². The SMILES string of the molecule is COP(=O)(OC)C(C=C(Cl)c1ccccc1)N(C)C. The van der Waals surface area contributed by atoms with Crippen molar-refractivity contribution < 1.29 is 13.6 Å². The summed E-state index contributed by atoms with van der Waals surface area (Å²) >= 11 is 6.27. The number of benzene rings is 1. The molecule has 0 heterocycles. The first-order valence-corrected chi connectivity index (χ1v) is 7.74. The van der Waals surface area contributed by atoms with Crippen molar-refractivity contribution in [1.29, 1.82) is 0 Å². The predicted molar refractivity (Wildman–Crippen MR) is 79.4 cm³/mol. The number of hydrogen-bond donors (Lipinski definition) is 0. The van der Waals surface area contributed by atoms with Crippen LogP contribution in [0.4, 0.5) is 0 Å². The molecule has 0 saturated carbocycles. The molecule has 0 aliphatic heterocycles. The molecule has 6 heteroatoms. The lowest BCUT2D eigenvalue weighted by molar-refractivity contribution is 0.242. The normalized spacial score (nSPS) is 14.7. The largest absolute Gasteiger partial charge is 0.351 e. The van der Waals surface area contributed by atoms with E-state index in [1.807, 2.05) is 30.3 Å². The molecular weight excluding hydrogens is 285 g/mol. The zero-order valence-electron chi connectivity index (χ0n) is 11.5. The van der Waals surface area contributed by atoms with Gasteiger partial charge in [0.05, 0.1) is 0 Å². The van der Waals surface area contributed by atoms with E-state index in [1.54, 1.807) is 25.1 Å². The fourth-order valence-electron chi connectivity index (χ4n) is 1.64. The van der Waals surface area contributed by atoms with Crippen LogP contribution in [-0.4, -0.2) is 39.0 Å². The topological polar surface area (TPSA) is 38.8 Å². The molecule has 19 heavy (non-hydrogen) atoms. The molecule has 1 unspecified atom stereocenters. The third kappa shape index (κ3) is 4.16. The summed E-state index contributed by atoms with van der Waals surface area (Å²) in [5.74, 6) is -0.546. The molecule has 0 amide bonds. The maximum absolute atomic E-state index is 12.5. The first-order chi connectivity index (χ1) is 8.94. The molecule has 0 fully saturated rings. The molecule has 0 saturated heterocycles. The maximum Gasteiger partial charge on any atom is 0.351 e. The Kier molecular flexibility index (Phi) is 6.24. The quantitative estimate of drug-likeness (QED) is 0.752. The molecule has 0 spiro atoms. The minimum atomic E-state index is -3.26. The highest BCUT2D eigenvalue weighted by Gasteiger charge is 2.34. The van der Waals surface area contributed by atoms with Crippen molar-refractivity contribution in [2.45, 2.75) is 5.78 Å². The van der Waals surface area contributed by atoms with Crippen LogP contribution in [-0.2, 0) is 13.6 Å². The second-order valence-corrected chi connectivity index (χ2v) is 6.91. The Bertz CT molecular complexity index is 468. The summed E-state index contributed by atoms with van der Waals surface area (Å²) in [7, 11) is 3.06. The van der Waals surface area contributed by atoms with Gasteiger partial charge in [0, 0.05) is 19.3 Å². The van der Waals surface area contributed by atoms with E-state index in [0.717, 1.165) is 5.56 Å². The zero-order chi connectivity index (χ0) is 14.5. The molecular formula is C13H19ClNO3P. The summed E-state index contributed by atoms with van der Waals surface area (Å²) in [5.41, 5.74) is 0.856. The smallest absolute Gasteiger partial charge is 0.311 e. The Labute approximate surface area is 119 Å². The van der Waals surface area contributed by atoms with Crippen LogP contribution < -0.4 is 0 Å². The van der Waals surface area contributed by atoms with Crippen molar-refractivity contribution in [2.24, 2.45) is 0 Å². The average Bonchev–Trinajstić information content (AvgIpc) is 2.44. The van der Waals surface area contributed by atoms with E-state index in [-0.39, 0.29) is 0 Å². The summed E-state index contributed by atoms with van der Waals surface area (Å²) in [4.78, 5) is 1.75. The molecule has 4 nitrogen and oxygen atoms in total. The van der Waals surface area contributed by atoms with Gasteiger partial charge in [0.25, 0.3) is 0 Å². The summed E-state index contributed by atoms with van der Waals surface area (Å²) in [6.07, 6.45) is 1.69. The van der Waals surface area contributed by atoms with Crippen LogP contribution in [0.15, 0.2) is 36.4 Å². The molecule has 0 N–H and O–H groups in total. The van der Waals surface area contributed by atoms with E-state index in [0.29, 0.717) is 5.03 Å². The molecule has 0 aliphatic carbocycles. The average molecular weight is 304 g/mol. The Morgan fingerprint density at radius 3 is 2.21 bits per heavy atom. The summed E-state index contributed by atoms with van der Waals surface area (Å²) in [6.45, 7) is 0. The third-order valence-electron chi connectivity index (χ3n) is 2.71. The van der Waals surface area contributed by atoms with Crippen molar-refractivity contribution in [2.75, 3.05) is 28.3 Å². The van der Waals surface area contributed by atoms with E-state index >= 15 is 0 Å². The van der Waals surface area contributed by atoms with Crippen molar-refractivity contribution in [3.63, 3.8) is 0 Å². The first kappa shape index (κ1) is 16.4. The molecule has 1 atom stereocenters. The van der Waals surface area contributed by atoms with Crippen LogP contribution in [0.5, 0.6) is 0 Å². The van der Waals surface area contributed by atoms with E-state index in [4.69, 9.17) is 20.6 Å². The van der Waals surface area contributed by atoms with Gasteiger partial charge in [-0.1, -0.05) is 41.9 Å². The van der Waals surface area contributed by atoms with Crippen molar-refractivity contribution >= 4 is 24.2 Å². The molecule has 0 aromatic heterocycles. The van der Waals surface area contributed by atoms with Crippen molar-refractivity contribution in [1.82, 2.24) is 4.90 Å². The van der Waals surface area contributed by atoms with Gasteiger partial charge in [0.1, 0.15) is 5.78 Å². The Morgan fingerprint density at radius 1 is 1.26 bits per heavy atom. The van der Waals surface area contributed by atoms with E-state index in [9.17, 15) is 4.57 Å². The number of likely N-dealkylation sites (N-methyl/N-ethyl adjacent to an activating group) is 1. The molecule has 1 rings (SSSR count). The van der Waals surface area contributed by atoms with Crippen LogP contribution in [0.3, 0.4) is 0 Å². The minimum absolute atomic E-state index is 0.508. The van der Waals surface area contributed by atoms with Crippen LogP contribution in [0.25, 0.3) is 5.03 Å². The maximum atomic E-state index is 12.5. The fraction of sp³-hybridized carbons (Fsp3) is 0.385. The second kappa shape index (κ2) is 7.22. The van der Waals surface area contributed by atoms with Crippen LogP contribution in [0.2, 0.25) is 0 Å².